The zero-order valence-corrected chi connectivity index (χ0v) is 14.6. The van der Waals surface area contributed by atoms with Crippen molar-refractivity contribution in [3.8, 4) is 0 Å². The summed E-state index contributed by atoms with van der Waals surface area (Å²) in [5.41, 5.74) is 0. The fourth-order valence-corrected chi connectivity index (χ4v) is 3.24. The molecular formula is C10H23BrClF2NO3S. The molecule has 0 spiro atoms. The molecule has 1 N–H and O–H groups in total. The lowest BCUT2D eigenvalue weighted by Crippen LogP contribution is -3.00. The minimum Gasteiger partial charge on any atom is -1.00 e. The predicted octanol–water partition coefficient (Wildman–Crippen LogP) is -0.103. The van der Waals surface area contributed by atoms with Crippen molar-refractivity contribution in [1.29, 1.82) is 0 Å². The Balaban J connectivity index is -0.00000128. The molecule has 0 fully saturated rings. The van der Waals surface area contributed by atoms with Gasteiger partial charge in [0.25, 0.3) is 0 Å². The molecular weight excluding hydrogens is 368 g/mol. The van der Waals surface area contributed by atoms with Crippen molar-refractivity contribution in [2.24, 2.45) is 0 Å². The molecule has 0 rings (SSSR count). The molecule has 0 radical (unpaired) electrons. The molecule has 0 aromatic rings. The van der Waals surface area contributed by atoms with Crippen LogP contribution in [0.25, 0.3) is 0 Å². The third-order valence-corrected chi connectivity index (χ3v) is 3.65. The first kappa shape index (κ1) is 24.5. The molecule has 0 heterocycles. The topological polar surface area (TPSA) is 54.4 Å². The molecule has 0 aliphatic rings. The molecule has 0 aliphatic carbocycles. The third-order valence-electron chi connectivity index (χ3n) is 2.83. The maximum atomic E-state index is 14.0. The number of hydrogen-bond donors (Lipinski definition) is 1. The molecule has 0 aromatic heterocycles. The van der Waals surface area contributed by atoms with E-state index in [4.69, 9.17) is 4.55 Å². The maximum absolute atomic E-state index is 14.0. The highest BCUT2D eigenvalue weighted by molar-refractivity contribution is 7.85. The summed E-state index contributed by atoms with van der Waals surface area (Å²) in [5, 5.41) is 0. The normalized spacial score (nSPS) is 12.5. The average Bonchev–Trinajstić information content (AvgIpc) is 2.15. The van der Waals surface area contributed by atoms with Gasteiger partial charge >= 0.3 is 16.2 Å². The first-order chi connectivity index (χ1) is 7.64. The Morgan fingerprint density at radius 3 is 1.68 bits per heavy atom. The second-order valence-electron chi connectivity index (χ2n) is 4.32. The summed E-state index contributed by atoms with van der Waals surface area (Å²) in [6.45, 7) is 4.84. The summed E-state index contributed by atoms with van der Waals surface area (Å²) in [7, 11) is -4.43. The van der Waals surface area contributed by atoms with Crippen LogP contribution in [0.3, 0.4) is 0 Å². The van der Waals surface area contributed by atoms with Crippen molar-refractivity contribution >= 4 is 22.5 Å². The van der Waals surface area contributed by atoms with E-state index in [1.165, 1.54) is 6.92 Å². The molecule has 0 aliphatic heterocycles. The van der Waals surface area contributed by atoms with Crippen molar-refractivity contribution in [2.75, 3.05) is 19.0 Å². The van der Waals surface area contributed by atoms with Crippen LogP contribution >= 0.6 is 12.4 Å². The van der Waals surface area contributed by atoms with Gasteiger partial charge in [-0.05, 0) is 12.8 Å². The van der Waals surface area contributed by atoms with Gasteiger partial charge in [-0.25, -0.2) is 4.48 Å². The fraction of sp³-hybridized carbons (Fsp3) is 1.00. The van der Waals surface area contributed by atoms with Crippen molar-refractivity contribution < 1.29 is 43.2 Å². The summed E-state index contributed by atoms with van der Waals surface area (Å²) >= 11 is 0. The number of rotatable bonds is 8. The third kappa shape index (κ3) is 7.17. The first-order valence-electron chi connectivity index (χ1n) is 5.83. The van der Waals surface area contributed by atoms with Gasteiger partial charge in [-0.3, -0.25) is 4.55 Å². The minimum atomic E-state index is -4.43. The number of alkyl halides is 2. The lowest BCUT2D eigenvalue weighted by molar-refractivity contribution is -1.00. The number of hydrogen-bond acceptors (Lipinski definition) is 2. The van der Waals surface area contributed by atoms with E-state index in [-0.39, 0.29) is 42.5 Å². The fourth-order valence-electron chi connectivity index (χ4n) is 2.17. The van der Waals surface area contributed by atoms with Crippen LogP contribution in [0.4, 0.5) is 8.78 Å². The smallest absolute Gasteiger partial charge is 0.391 e. The van der Waals surface area contributed by atoms with Gasteiger partial charge in [-0.2, -0.15) is 8.42 Å². The molecule has 9 heteroatoms. The predicted molar refractivity (Wildman–Crippen MR) is 69.5 cm³/mol. The van der Waals surface area contributed by atoms with Gasteiger partial charge in [-0.1, -0.05) is 20.8 Å². The summed E-state index contributed by atoms with van der Waals surface area (Å²) in [6.07, 6.45) is 0.429. The van der Waals surface area contributed by atoms with Crippen molar-refractivity contribution in [1.82, 2.24) is 0 Å². The van der Waals surface area contributed by atoms with E-state index in [1.54, 1.807) is 13.8 Å². The second-order valence-corrected chi connectivity index (χ2v) is 5.74. The van der Waals surface area contributed by atoms with Crippen LogP contribution in [0.15, 0.2) is 0 Å². The molecule has 0 atom stereocenters. The van der Waals surface area contributed by atoms with E-state index in [1.807, 2.05) is 0 Å². The Morgan fingerprint density at radius 1 is 1.11 bits per heavy atom. The summed E-state index contributed by atoms with van der Waals surface area (Å²) in [4.78, 5) is 0. The number of quaternary nitrogens is 1. The Bertz CT molecular complexity index is 336. The zero-order chi connectivity index (χ0) is 13.7. The molecule has 0 aromatic carbocycles. The largest absolute Gasteiger partial charge is 1.00 e. The van der Waals surface area contributed by atoms with E-state index in [0.29, 0.717) is 12.8 Å². The van der Waals surface area contributed by atoms with Crippen molar-refractivity contribution in [2.45, 2.75) is 46.1 Å². The standard InChI is InChI=1S/C10H21F2NO3S.BrH.ClH/c1-4-7-13(8-5-2,9-17(14,15)16)10(11,12)6-3;;/h4-9H2,1-3H3;2*1H. The minimum absolute atomic E-state index is 0. The summed E-state index contributed by atoms with van der Waals surface area (Å²) < 4.78 is 57.9. The zero-order valence-electron chi connectivity index (χ0n) is 11.4. The van der Waals surface area contributed by atoms with Gasteiger partial charge in [0.05, 0.1) is 19.5 Å². The van der Waals surface area contributed by atoms with Gasteiger partial charge < -0.3 is 17.0 Å². The first-order valence-corrected chi connectivity index (χ1v) is 7.44. The molecule has 120 valence electrons. The van der Waals surface area contributed by atoms with Gasteiger partial charge in [0, 0.05) is 0 Å². The van der Waals surface area contributed by atoms with Crippen molar-refractivity contribution in [3.05, 3.63) is 0 Å². The van der Waals surface area contributed by atoms with Crippen molar-refractivity contribution in [3.63, 3.8) is 0 Å². The van der Waals surface area contributed by atoms with Gasteiger partial charge in [0.2, 0.25) is 5.88 Å². The Hall–Kier alpha value is 0.500. The van der Waals surface area contributed by atoms with E-state index in [2.05, 4.69) is 0 Å². The maximum Gasteiger partial charge on any atom is 0.391 e. The number of nitrogens with zero attached hydrogens (tertiary/aromatic N) is 1. The second kappa shape index (κ2) is 9.44. The average molecular weight is 391 g/mol. The van der Waals surface area contributed by atoms with Crippen LogP contribution in [0.5, 0.6) is 0 Å². The SMILES string of the molecule is CCC[N+](CCC)(CS(=O)(=O)O)C(F)(F)CC.Cl.[Br-]. The molecule has 0 saturated carbocycles. The Morgan fingerprint density at radius 2 is 1.47 bits per heavy atom. The lowest BCUT2D eigenvalue weighted by Gasteiger charge is -2.42. The van der Waals surface area contributed by atoms with Crippen LogP contribution in [0.2, 0.25) is 0 Å². The molecule has 19 heavy (non-hydrogen) atoms. The number of halogens is 4. The highest BCUT2D eigenvalue weighted by Gasteiger charge is 2.52. The van der Waals surface area contributed by atoms with Gasteiger partial charge in [-0.15, -0.1) is 21.2 Å². The van der Waals surface area contributed by atoms with Gasteiger partial charge in [0.15, 0.2) is 0 Å². The van der Waals surface area contributed by atoms with Gasteiger partial charge in [0.1, 0.15) is 0 Å². The van der Waals surface area contributed by atoms with Crippen LogP contribution in [-0.4, -0.2) is 42.5 Å². The van der Waals surface area contributed by atoms with Crippen LogP contribution < -0.4 is 17.0 Å². The Kier molecular flexibility index (Phi) is 12.2. The highest BCUT2D eigenvalue weighted by atomic mass is 79.9. The van der Waals surface area contributed by atoms with E-state index in [9.17, 15) is 17.2 Å². The van der Waals surface area contributed by atoms with E-state index in [0.717, 1.165) is 0 Å². The van der Waals surface area contributed by atoms with E-state index < -0.39 is 32.9 Å². The van der Waals surface area contributed by atoms with Crippen LogP contribution in [0, 0.1) is 0 Å². The van der Waals surface area contributed by atoms with E-state index >= 15 is 0 Å². The molecule has 0 unspecified atom stereocenters. The monoisotopic (exact) mass is 389 g/mol. The Labute approximate surface area is 131 Å². The quantitative estimate of drug-likeness (QED) is 0.358. The molecule has 0 bridgehead atoms. The lowest BCUT2D eigenvalue weighted by atomic mass is 10.2. The molecule has 0 saturated heterocycles. The van der Waals surface area contributed by atoms with Crippen LogP contribution in [-0.2, 0) is 10.1 Å². The summed E-state index contributed by atoms with van der Waals surface area (Å²) in [5.74, 6) is -0.921. The summed E-state index contributed by atoms with van der Waals surface area (Å²) in [6, 6.07) is -3.14. The highest BCUT2D eigenvalue weighted by Crippen LogP contribution is 2.33. The molecule has 0 amide bonds. The van der Waals surface area contributed by atoms with Crippen LogP contribution in [0.1, 0.15) is 40.0 Å². The molecule has 4 nitrogen and oxygen atoms in total.